The molecule has 0 aromatic rings. The van der Waals surface area contributed by atoms with Gasteiger partial charge in [-0.15, -0.1) is 9.42 Å². The minimum atomic E-state index is -2.75. The van der Waals surface area contributed by atoms with Crippen molar-refractivity contribution in [1.29, 1.82) is 0 Å². The Morgan fingerprint density at radius 1 is 1.53 bits per heavy atom. The fourth-order valence-electron chi connectivity index (χ4n) is 1.88. The molecule has 3 unspecified atom stereocenters. The van der Waals surface area contributed by atoms with Gasteiger partial charge in [-0.1, -0.05) is 31.6 Å². The molecule has 17 heavy (non-hydrogen) atoms. The van der Waals surface area contributed by atoms with Crippen LogP contribution >= 0.6 is 8.25 Å². The summed E-state index contributed by atoms with van der Waals surface area (Å²) in [5.41, 5.74) is 0. The maximum Gasteiger partial charge on any atom is 0.695 e. The lowest BCUT2D eigenvalue weighted by Gasteiger charge is -2.22. The monoisotopic (exact) mass is 260 g/mol. The van der Waals surface area contributed by atoms with E-state index in [-0.39, 0.29) is 0 Å². The van der Waals surface area contributed by atoms with E-state index in [0.717, 1.165) is 6.42 Å². The SMILES string of the molecule is CCC[C@@H](O[P+](=O)O)C1C=CC=CC1[N+](=O)[O-]. The van der Waals surface area contributed by atoms with Crippen molar-refractivity contribution in [3.8, 4) is 0 Å². The van der Waals surface area contributed by atoms with Crippen LogP contribution in [0.2, 0.25) is 0 Å². The van der Waals surface area contributed by atoms with Crippen LogP contribution in [0.3, 0.4) is 0 Å². The molecule has 0 heterocycles. The molecule has 0 aliphatic heterocycles. The van der Waals surface area contributed by atoms with Gasteiger partial charge in [-0.3, -0.25) is 10.1 Å². The predicted octanol–water partition coefficient (Wildman–Crippen LogP) is 2.21. The molecule has 0 spiro atoms. The van der Waals surface area contributed by atoms with E-state index in [4.69, 9.17) is 9.42 Å². The van der Waals surface area contributed by atoms with Gasteiger partial charge in [0.25, 0.3) is 0 Å². The molecule has 0 saturated carbocycles. The van der Waals surface area contributed by atoms with Gasteiger partial charge in [-0.25, -0.2) is 0 Å². The minimum Gasteiger partial charge on any atom is -0.264 e. The molecule has 0 aromatic heterocycles. The minimum absolute atomic E-state index is 0.402. The predicted molar refractivity (Wildman–Crippen MR) is 62.2 cm³/mol. The topological polar surface area (TPSA) is 89.7 Å². The highest BCUT2D eigenvalue weighted by atomic mass is 31.1. The Labute approximate surface area is 100 Å². The van der Waals surface area contributed by atoms with Crippen molar-refractivity contribution in [2.75, 3.05) is 0 Å². The van der Waals surface area contributed by atoms with Crippen LogP contribution in [0.1, 0.15) is 19.8 Å². The zero-order valence-electron chi connectivity index (χ0n) is 9.43. The number of hydrogen-bond donors (Lipinski definition) is 1. The van der Waals surface area contributed by atoms with Crippen LogP contribution in [0.25, 0.3) is 0 Å². The summed E-state index contributed by atoms with van der Waals surface area (Å²) in [6, 6.07) is -0.897. The quantitative estimate of drug-likeness (QED) is 0.449. The zero-order valence-corrected chi connectivity index (χ0v) is 10.3. The molecule has 0 saturated heterocycles. The molecule has 0 fully saturated rings. The van der Waals surface area contributed by atoms with Crippen LogP contribution in [0.5, 0.6) is 0 Å². The van der Waals surface area contributed by atoms with Gasteiger partial charge in [0.05, 0.1) is 5.92 Å². The average Bonchev–Trinajstić information content (AvgIpc) is 2.28. The van der Waals surface area contributed by atoms with Crippen molar-refractivity contribution in [2.45, 2.75) is 31.9 Å². The first-order chi connectivity index (χ1) is 8.06. The van der Waals surface area contributed by atoms with Crippen molar-refractivity contribution in [3.63, 3.8) is 0 Å². The average molecular weight is 260 g/mol. The van der Waals surface area contributed by atoms with Crippen molar-refractivity contribution < 1.29 is 18.9 Å². The van der Waals surface area contributed by atoms with E-state index < -0.39 is 31.2 Å². The van der Waals surface area contributed by atoms with Gasteiger partial charge in [0.15, 0.2) is 0 Å². The molecule has 1 N–H and O–H groups in total. The fourth-order valence-corrected chi connectivity index (χ4v) is 2.36. The summed E-state index contributed by atoms with van der Waals surface area (Å²) >= 11 is 0. The van der Waals surface area contributed by atoms with E-state index in [1.165, 1.54) is 6.08 Å². The van der Waals surface area contributed by atoms with E-state index in [0.29, 0.717) is 6.42 Å². The second-order valence-electron chi connectivity index (χ2n) is 3.79. The van der Waals surface area contributed by atoms with Gasteiger partial charge in [0.2, 0.25) is 6.04 Å². The first-order valence-corrected chi connectivity index (χ1v) is 6.50. The van der Waals surface area contributed by atoms with E-state index in [1.54, 1.807) is 18.2 Å². The Morgan fingerprint density at radius 3 is 2.71 bits per heavy atom. The molecule has 1 rings (SSSR count). The van der Waals surface area contributed by atoms with Crippen molar-refractivity contribution >= 4 is 8.25 Å². The van der Waals surface area contributed by atoms with E-state index >= 15 is 0 Å². The maximum atomic E-state index is 10.9. The summed E-state index contributed by atoms with van der Waals surface area (Å²) in [6.45, 7) is 1.89. The van der Waals surface area contributed by atoms with Crippen LogP contribution in [-0.4, -0.2) is 22.0 Å². The third-order valence-corrected chi connectivity index (χ3v) is 3.07. The van der Waals surface area contributed by atoms with Gasteiger partial charge < -0.3 is 0 Å². The fraction of sp³-hybridized carbons (Fsp3) is 0.600. The first-order valence-electron chi connectivity index (χ1n) is 5.37. The highest BCUT2D eigenvalue weighted by molar-refractivity contribution is 7.32. The third kappa shape index (κ3) is 4.00. The molecule has 1 aliphatic rings. The molecule has 4 atom stereocenters. The smallest absolute Gasteiger partial charge is 0.264 e. The second kappa shape index (κ2) is 6.59. The Hall–Kier alpha value is -1.10. The lowest BCUT2D eigenvalue weighted by atomic mass is 9.88. The van der Waals surface area contributed by atoms with Crippen LogP contribution < -0.4 is 0 Å². The number of nitrogens with zero attached hydrogens (tertiary/aromatic N) is 1. The molecule has 6 nitrogen and oxygen atoms in total. The van der Waals surface area contributed by atoms with Crippen LogP contribution in [0.15, 0.2) is 24.3 Å². The Kier molecular flexibility index (Phi) is 5.41. The van der Waals surface area contributed by atoms with Crippen molar-refractivity contribution in [2.24, 2.45) is 5.92 Å². The normalized spacial score (nSPS) is 25.6. The first kappa shape index (κ1) is 14.0. The Bertz CT molecular complexity index is 355. The molecule has 1 aliphatic carbocycles. The van der Waals surface area contributed by atoms with Crippen LogP contribution in [0.4, 0.5) is 0 Å². The zero-order chi connectivity index (χ0) is 12.8. The van der Waals surface area contributed by atoms with Crippen molar-refractivity contribution in [1.82, 2.24) is 0 Å². The van der Waals surface area contributed by atoms with Gasteiger partial charge in [0, 0.05) is 9.49 Å². The number of allylic oxidation sites excluding steroid dienone is 2. The van der Waals surface area contributed by atoms with Gasteiger partial charge in [0.1, 0.15) is 6.10 Å². The molecule has 94 valence electrons. The summed E-state index contributed by atoms with van der Waals surface area (Å²) < 4.78 is 15.6. The molecule has 0 radical (unpaired) electrons. The molecular weight excluding hydrogens is 245 g/mol. The summed E-state index contributed by atoms with van der Waals surface area (Å²) in [4.78, 5) is 19.3. The second-order valence-corrected chi connectivity index (χ2v) is 4.48. The molecule has 7 heteroatoms. The van der Waals surface area contributed by atoms with Crippen LogP contribution in [0, 0.1) is 16.0 Å². The number of nitro groups is 1. The Morgan fingerprint density at radius 2 is 2.18 bits per heavy atom. The van der Waals surface area contributed by atoms with Gasteiger partial charge in [-0.05, 0) is 12.5 Å². The largest absolute Gasteiger partial charge is 0.695 e. The maximum absolute atomic E-state index is 10.9. The highest BCUT2D eigenvalue weighted by Crippen LogP contribution is 2.30. The number of rotatable bonds is 6. The standard InChI is InChI=1S/C10H14NO5P/c1-2-5-10(16-17(14)15)8-6-3-4-7-9(8)11(12)13/h3-4,6-10H,2,5H2,1H3/p+1/t8?,9?,10-/m1/s1. The summed E-state index contributed by atoms with van der Waals surface area (Å²) in [5, 5.41) is 10.9. The summed E-state index contributed by atoms with van der Waals surface area (Å²) in [5.74, 6) is -0.499. The lowest BCUT2D eigenvalue weighted by molar-refractivity contribution is -0.518. The van der Waals surface area contributed by atoms with Crippen molar-refractivity contribution in [3.05, 3.63) is 34.4 Å². The molecule has 0 amide bonds. The molecule has 0 aromatic carbocycles. The summed E-state index contributed by atoms with van der Waals surface area (Å²) in [7, 11) is -2.75. The lowest BCUT2D eigenvalue weighted by Crippen LogP contribution is -2.36. The molecular formula is C10H15NO5P+. The third-order valence-electron chi connectivity index (χ3n) is 2.62. The number of hydrogen-bond acceptors (Lipinski definition) is 4. The van der Waals surface area contributed by atoms with Gasteiger partial charge in [-0.2, -0.15) is 0 Å². The van der Waals surface area contributed by atoms with E-state index in [9.17, 15) is 14.7 Å². The van der Waals surface area contributed by atoms with E-state index in [2.05, 4.69) is 0 Å². The molecule has 0 bridgehead atoms. The Balaban J connectivity index is 2.83. The van der Waals surface area contributed by atoms with E-state index in [1.807, 2.05) is 6.92 Å². The highest BCUT2D eigenvalue weighted by Gasteiger charge is 2.39. The summed E-state index contributed by atoms with van der Waals surface area (Å²) in [6.07, 6.45) is 7.06. The van der Waals surface area contributed by atoms with Crippen LogP contribution in [-0.2, 0) is 9.09 Å². The van der Waals surface area contributed by atoms with Gasteiger partial charge >= 0.3 is 8.25 Å².